The highest BCUT2D eigenvalue weighted by molar-refractivity contribution is 14.1. The van der Waals surface area contributed by atoms with Crippen molar-refractivity contribution in [1.29, 1.82) is 0 Å². The summed E-state index contributed by atoms with van der Waals surface area (Å²) in [6.07, 6.45) is 0. The Bertz CT molecular complexity index is 835. The molecular formula is C14H10FIN2S. The maximum absolute atomic E-state index is 13.5. The molecule has 1 N–H and O–H groups in total. The molecule has 3 aromatic rings. The molecule has 1 aromatic heterocycles. The monoisotopic (exact) mass is 384 g/mol. The van der Waals surface area contributed by atoms with Gasteiger partial charge in [-0.05, 0) is 77.6 Å². The lowest BCUT2D eigenvalue weighted by molar-refractivity contribution is 0.626. The first-order chi connectivity index (χ1) is 9.06. The standard InChI is InChI=1S/C14H10FIN2S/c1-8-2-3-9(15)6-13(8)18-12-5-4-10(16)7-11(12)17-14(18)19/h2-7H,1H3,(H,17,19). The summed E-state index contributed by atoms with van der Waals surface area (Å²) in [6, 6.07) is 10.8. The van der Waals surface area contributed by atoms with Gasteiger partial charge in [0.05, 0.1) is 16.7 Å². The molecule has 0 bridgehead atoms. The number of aromatic amines is 1. The molecule has 0 spiro atoms. The number of nitrogens with one attached hydrogen (secondary N) is 1. The highest BCUT2D eigenvalue weighted by Crippen LogP contribution is 2.24. The van der Waals surface area contributed by atoms with E-state index in [9.17, 15) is 4.39 Å². The molecule has 0 aliphatic carbocycles. The van der Waals surface area contributed by atoms with Crippen molar-refractivity contribution in [1.82, 2.24) is 9.55 Å². The lowest BCUT2D eigenvalue weighted by Gasteiger charge is -2.08. The van der Waals surface area contributed by atoms with Gasteiger partial charge in [0, 0.05) is 3.57 Å². The average molecular weight is 384 g/mol. The van der Waals surface area contributed by atoms with Crippen molar-refractivity contribution in [3.05, 3.63) is 56.1 Å². The minimum atomic E-state index is -0.262. The number of aryl methyl sites for hydroxylation is 1. The van der Waals surface area contributed by atoms with Gasteiger partial charge in [0.1, 0.15) is 5.82 Å². The van der Waals surface area contributed by atoms with Crippen LogP contribution in [0.3, 0.4) is 0 Å². The van der Waals surface area contributed by atoms with E-state index in [1.807, 2.05) is 29.7 Å². The molecule has 0 radical (unpaired) electrons. The highest BCUT2D eigenvalue weighted by atomic mass is 127. The predicted octanol–water partition coefficient (Wildman–Crippen LogP) is 4.74. The summed E-state index contributed by atoms with van der Waals surface area (Å²) in [7, 11) is 0. The van der Waals surface area contributed by atoms with Crippen molar-refractivity contribution in [2.75, 3.05) is 0 Å². The Hall–Kier alpha value is -1.21. The van der Waals surface area contributed by atoms with Gasteiger partial charge in [-0.1, -0.05) is 6.07 Å². The second-order valence-electron chi connectivity index (χ2n) is 4.36. The van der Waals surface area contributed by atoms with Gasteiger partial charge < -0.3 is 4.98 Å². The summed E-state index contributed by atoms with van der Waals surface area (Å²) in [6.45, 7) is 1.95. The number of imidazole rings is 1. The average Bonchev–Trinajstić information content (AvgIpc) is 2.67. The fourth-order valence-electron chi connectivity index (χ4n) is 2.15. The lowest BCUT2D eigenvalue weighted by atomic mass is 10.2. The van der Waals surface area contributed by atoms with Crippen molar-refractivity contribution >= 4 is 45.8 Å². The normalized spacial score (nSPS) is 11.1. The molecule has 2 aromatic carbocycles. The molecule has 0 aliphatic rings. The maximum atomic E-state index is 13.5. The van der Waals surface area contributed by atoms with Crippen LogP contribution in [0.15, 0.2) is 36.4 Å². The quantitative estimate of drug-likeness (QED) is 0.475. The molecule has 0 amide bonds. The topological polar surface area (TPSA) is 20.7 Å². The van der Waals surface area contributed by atoms with Gasteiger partial charge in [-0.25, -0.2) is 4.39 Å². The lowest BCUT2D eigenvalue weighted by Crippen LogP contribution is -1.98. The summed E-state index contributed by atoms with van der Waals surface area (Å²) in [4.78, 5) is 3.16. The molecule has 0 atom stereocenters. The third-order valence-electron chi connectivity index (χ3n) is 3.06. The molecule has 2 nitrogen and oxygen atoms in total. The van der Waals surface area contributed by atoms with E-state index in [1.165, 1.54) is 12.1 Å². The van der Waals surface area contributed by atoms with Crippen molar-refractivity contribution in [3.8, 4) is 5.69 Å². The fraction of sp³-hybridized carbons (Fsp3) is 0.0714. The van der Waals surface area contributed by atoms with E-state index in [1.54, 1.807) is 6.07 Å². The fourth-order valence-corrected chi connectivity index (χ4v) is 2.94. The Kier molecular flexibility index (Phi) is 3.18. The number of fused-ring (bicyclic) bond motifs is 1. The van der Waals surface area contributed by atoms with Gasteiger partial charge in [-0.15, -0.1) is 0 Å². The number of benzene rings is 2. The summed E-state index contributed by atoms with van der Waals surface area (Å²) < 4.78 is 17.1. The zero-order valence-corrected chi connectivity index (χ0v) is 13.0. The molecule has 0 saturated heterocycles. The molecule has 0 saturated carbocycles. The van der Waals surface area contributed by atoms with Crippen LogP contribution in [-0.2, 0) is 0 Å². The number of nitrogens with zero attached hydrogens (tertiary/aromatic N) is 1. The molecule has 5 heteroatoms. The van der Waals surface area contributed by atoms with Crippen LogP contribution in [0.5, 0.6) is 0 Å². The first kappa shape index (κ1) is 12.8. The zero-order valence-electron chi connectivity index (χ0n) is 10.1. The third kappa shape index (κ3) is 2.21. The van der Waals surface area contributed by atoms with Crippen LogP contribution >= 0.6 is 34.8 Å². The van der Waals surface area contributed by atoms with Crippen molar-refractivity contribution in [3.63, 3.8) is 0 Å². The summed E-state index contributed by atoms with van der Waals surface area (Å²) >= 11 is 7.62. The second kappa shape index (κ2) is 4.72. The molecule has 0 aliphatic heterocycles. The van der Waals surface area contributed by atoms with Gasteiger partial charge in [-0.2, -0.15) is 0 Å². The number of hydrogen-bond donors (Lipinski definition) is 1. The van der Waals surface area contributed by atoms with Crippen LogP contribution < -0.4 is 0 Å². The van der Waals surface area contributed by atoms with Crippen LogP contribution in [0.2, 0.25) is 0 Å². The largest absolute Gasteiger partial charge is 0.330 e. The van der Waals surface area contributed by atoms with Crippen molar-refractivity contribution < 1.29 is 4.39 Å². The second-order valence-corrected chi connectivity index (χ2v) is 5.99. The van der Waals surface area contributed by atoms with Gasteiger partial charge in [-0.3, -0.25) is 4.57 Å². The van der Waals surface area contributed by atoms with E-state index in [4.69, 9.17) is 12.2 Å². The smallest absolute Gasteiger partial charge is 0.182 e. The molecule has 3 rings (SSSR count). The van der Waals surface area contributed by atoms with Crippen LogP contribution in [0.4, 0.5) is 4.39 Å². The molecule has 1 heterocycles. The van der Waals surface area contributed by atoms with Crippen LogP contribution in [0, 0.1) is 21.1 Å². The predicted molar refractivity (Wildman–Crippen MR) is 85.9 cm³/mol. The minimum Gasteiger partial charge on any atom is -0.330 e. The van der Waals surface area contributed by atoms with Gasteiger partial charge in [0.25, 0.3) is 0 Å². The molecule has 96 valence electrons. The van der Waals surface area contributed by atoms with E-state index >= 15 is 0 Å². The molecule has 0 fully saturated rings. The van der Waals surface area contributed by atoms with Gasteiger partial charge in [0.2, 0.25) is 0 Å². The third-order valence-corrected chi connectivity index (χ3v) is 4.01. The Morgan fingerprint density at radius 2 is 2.00 bits per heavy atom. The first-order valence-corrected chi connectivity index (χ1v) is 7.22. The molecule has 0 unspecified atom stereocenters. The van der Waals surface area contributed by atoms with Gasteiger partial charge >= 0.3 is 0 Å². The number of rotatable bonds is 1. The van der Waals surface area contributed by atoms with E-state index < -0.39 is 0 Å². The zero-order chi connectivity index (χ0) is 13.6. The van der Waals surface area contributed by atoms with Crippen LogP contribution in [-0.4, -0.2) is 9.55 Å². The Labute approximate surface area is 128 Å². The number of halogens is 2. The number of hydrogen-bond acceptors (Lipinski definition) is 1. The van der Waals surface area contributed by atoms with Crippen molar-refractivity contribution in [2.45, 2.75) is 6.92 Å². The molecular weight excluding hydrogens is 374 g/mol. The number of aromatic nitrogens is 2. The van der Waals surface area contributed by atoms with Crippen LogP contribution in [0.25, 0.3) is 16.7 Å². The van der Waals surface area contributed by atoms with Crippen molar-refractivity contribution in [2.24, 2.45) is 0 Å². The van der Waals surface area contributed by atoms with E-state index in [2.05, 4.69) is 27.6 Å². The Morgan fingerprint density at radius 1 is 1.21 bits per heavy atom. The highest BCUT2D eigenvalue weighted by Gasteiger charge is 2.09. The maximum Gasteiger partial charge on any atom is 0.182 e. The SMILES string of the molecule is Cc1ccc(F)cc1-n1c(=S)[nH]c2cc(I)ccc21. The summed E-state index contributed by atoms with van der Waals surface area (Å²) in [5.74, 6) is -0.262. The Morgan fingerprint density at radius 3 is 2.79 bits per heavy atom. The molecule has 19 heavy (non-hydrogen) atoms. The summed E-state index contributed by atoms with van der Waals surface area (Å²) in [5, 5.41) is 0. The Balaban J connectivity index is 2.39. The number of H-pyrrole nitrogens is 1. The first-order valence-electron chi connectivity index (χ1n) is 5.73. The van der Waals surface area contributed by atoms with E-state index in [0.29, 0.717) is 4.77 Å². The summed E-state index contributed by atoms with van der Waals surface area (Å²) in [5.41, 5.74) is 3.68. The van der Waals surface area contributed by atoms with Crippen LogP contribution in [0.1, 0.15) is 5.56 Å². The minimum absolute atomic E-state index is 0.262. The van der Waals surface area contributed by atoms with E-state index in [-0.39, 0.29) is 5.82 Å². The van der Waals surface area contributed by atoms with Gasteiger partial charge in [0.15, 0.2) is 4.77 Å². The van der Waals surface area contributed by atoms with E-state index in [0.717, 1.165) is 25.9 Å².